The molecule has 1 aromatic rings. The van der Waals surface area contributed by atoms with Gasteiger partial charge in [0.2, 0.25) is 0 Å². The van der Waals surface area contributed by atoms with Gasteiger partial charge in [0.25, 0.3) is 0 Å². The maximum absolute atomic E-state index is 13.4. The largest absolute Gasteiger partial charge is 0.478 e. The van der Waals surface area contributed by atoms with Crippen LogP contribution in [0.3, 0.4) is 0 Å². The van der Waals surface area contributed by atoms with Crippen molar-refractivity contribution < 1.29 is 14.3 Å². The monoisotopic (exact) mass is 285 g/mol. The molecule has 19 heavy (non-hydrogen) atoms. The fraction of sp³-hybridized carbons (Fsp3) is 0.500. The summed E-state index contributed by atoms with van der Waals surface area (Å²) < 4.78 is 13.4. The molecule has 0 fully saturated rings. The smallest absolute Gasteiger partial charge is 0.338 e. The third-order valence-corrected chi connectivity index (χ3v) is 3.49. The number of benzene rings is 1. The van der Waals surface area contributed by atoms with Crippen molar-refractivity contribution >= 4 is 17.7 Å². The van der Waals surface area contributed by atoms with Gasteiger partial charge in [0.1, 0.15) is 5.82 Å². The number of carboxylic acids is 1. The summed E-state index contributed by atoms with van der Waals surface area (Å²) in [5.74, 6) is -0.709. The molecule has 0 aliphatic rings. The van der Waals surface area contributed by atoms with E-state index in [2.05, 4.69) is 11.6 Å². The summed E-state index contributed by atoms with van der Waals surface area (Å²) in [6, 6.07) is 4.24. The summed E-state index contributed by atoms with van der Waals surface area (Å²) in [6.45, 7) is 1.47. The molecule has 2 N–H and O–H groups in total. The van der Waals surface area contributed by atoms with Crippen molar-refractivity contribution in [3.8, 4) is 0 Å². The Labute approximate surface area is 117 Å². The Kier molecular flexibility index (Phi) is 7.52. The van der Waals surface area contributed by atoms with E-state index in [9.17, 15) is 9.18 Å². The zero-order valence-electron chi connectivity index (χ0n) is 11.1. The minimum atomic E-state index is -1.23. The molecule has 0 spiro atoms. The van der Waals surface area contributed by atoms with Crippen LogP contribution in [0, 0.1) is 5.82 Å². The Morgan fingerprint density at radius 3 is 2.79 bits per heavy atom. The van der Waals surface area contributed by atoms with Crippen LogP contribution in [-0.4, -0.2) is 29.6 Å². The minimum absolute atomic E-state index is 0.277. The van der Waals surface area contributed by atoms with E-state index in [1.165, 1.54) is 30.7 Å². The minimum Gasteiger partial charge on any atom is -0.478 e. The van der Waals surface area contributed by atoms with Crippen LogP contribution in [0.25, 0.3) is 0 Å². The predicted molar refractivity (Wildman–Crippen MR) is 77.3 cm³/mol. The molecule has 0 radical (unpaired) electrons. The maximum Gasteiger partial charge on any atom is 0.338 e. The first kappa shape index (κ1) is 16.0. The first-order valence-corrected chi connectivity index (χ1v) is 7.76. The van der Waals surface area contributed by atoms with E-state index in [1.807, 2.05) is 11.8 Å². The second kappa shape index (κ2) is 8.93. The Balaban J connectivity index is 2.26. The highest BCUT2D eigenvalue weighted by molar-refractivity contribution is 7.98. The van der Waals surface area contributed by atoms with Crippen LogP contribution in [0.15, 0.2) is 18.2 Å². The van der Waals surface area contributed by atoms with Gasteiger partial charge in [-0.25, -0.2) is 9.18 Å². The van der Waals surface area contributed by atoms with Crippen molar-refractivity contribution in [1.29, 1.82) is 0 Å². The number of halogens is 1. The van der Waals surface area contributed by atoms with Gasteiger partial charge >= 0.3 is 5.97 Å². The van der Waals surface area contributed by atoms with E-state index < -0.39 is 11.8 Å². The summed E-state index contributed by atoms with van der Waals surface area (Å²) in [4.78, 5) is 10.7. The third kappa shape index (κ3) is 6.07. The highest BCUT2D eigenvalue weighted by Gasteiger charge is 2.09. The van der Waals surface area contributed by atoms with Crippen LogP contribution >= 0.6 is 11.8 Å². The number of nitrogens with one attached hydrogen (secondary N) is 1. The van der Waals surface area contributed by atoms with Crippen LogP contribution in [0.1, 0.15) is 35.2 Å². The second-order valence-corrected chi connectivity index (χ2v) is 5.34. The number of hydrogen-bond acceptors (Lipinski definition) is 3. The SMILES string of the molecule is CSCCCCCNCc1ccc(C(=O)O)c(F)c1. The molecule has 0 saturated heterocycles. The molecule has 0 atom stereocenters. The summed E-state index contributed by atoms with van der Waals surface area (Å²) >= 11 is 1.86. The summed E-state index contributed by atoms with van der Waals surface area (Å²) in [7, 11) is 0. The van der Waals surface area contributed by atoms with Crippen LogP contribution in [-0.2, 0) is 6.54 Å². The normalized spacial score (nSPS) is 10.6. The fourth-order valence-corrected chi connectivity index (χ4v) is 2.24. The molecule has 3 nitrogen and oxygen atoms in total. The molecule has 0 aliphatic carbocycles. The fourth-order valence-electron chi connectivity index (χ4n) is 1.75. The molecule has 0 amide bonds. The van der Waals surface area contributed by atoms with Gasteiger partial charge in [0.15, 0.2) is 0 Å². The van der Waals surface area contributed by atoms with Crippen molar-refractivity contribution in [2.24, 2.45) is 0 Å². The van der Waals surface area contributed by atoms with Gasteiger partial charge in [-0.15, -0.1) is 0 Å². The zero-order valence-corrected chi connectivity index (χ0v) is 11.9. The summed E-state index contributed by atoms with van der Waals surface area (Å²) in [6.07, 6.45) is 5.63. The molecule has 5 heteroatoms. The van der Waals surface area contributed by atoms with Crippen LogP contribution in [0.2, 0.25) is 0 Å². The van der Waals surface area contributed by atoms with Gasteiger partial charge in [-0.05, 0) is 49.1 Å². The highest BCUT2D eigenvalue weighted by atomic mass is 32.2. The van der Waals surface area contributed by atoms with E-state index >= 15 is 0 Å². The molecule has 0 saturated carbocycles. The van der Waals surface area contributed by atoms with E-state index in [0.717, 1.165) is 18.5 Å². The van der Waals surface area contributed by atoms with E-state index in [1.54, 1.807) is 6.07 Å². The molecule has 106 valence electrons. The van der Waals surface area contributed by atoms with E-state index in [-0.39, 0.29) is 5.56 Å². The maximum atomic E-state index is 13.4. The standard InChI is InChI=1S/C14H20FNO2S/c1-19-8-4-2-3-7-16-10-11-5-6-12(14(17)18)13(15)9-11/h5-6,9,16H,2-4,7-8,10H2,1H3,(H,17,18). The Hall–Kier alpha value is -1.07. The average molecular weight is 285 g/mol. The molecule has 0 aromatic heterocycles. The van der Waals surface area contributed by atoms with E-state index in [4.69, 9.17) is 5.11 Å². The molecule has 1 aromatic carbocycles. The average Bonchev–Trinajstić information content (AvgIpc) is 2.37. The van der Waals surface area contributed by atoms with Gasteiger partial charge in [0, 0.05) is 6.54 Å². The molecular formula is C14H20FNO2S. The third-order valence-electron chi connectivity index (χ3n) is 2.80. The lowest BCUT2D eigenvalue weighted by Gasteiger charge is -2.06. The van der Waals surface area contributed by atoms with Gasteiger partial charge in [-0.2, -0.15) is 11.8 Å². The van der Waals surface area contributed by atoms with Crippen molar-refractivity contribution in [3.05, 3.63) is 35.1 Å². The Morgan fingerprint density at radius 2 is 2.16 bits per heavy atom. The second-order valence-electron chi connectivity index (χ2n) is 4.35. The van der Waals surface area contributed by atoms with Crippen LogP contribution in [0.4, 0.5) is 4.39 Å². The molecule has 1 rings (SSSR count). The number of carbonyl (C=O) groups is 1. The quantitative estimate of drug-likeness (QED) is 0.684. The van der Waals surface area contributed by atoms with Crippen molar-refractivity contribution in [2.45, 2.75) is 25.8 Å². The highest BCUT2D eigenvalue weighted by Crippen LogP contribution is 2.10. The lowest BCUT2D eigenvalue weighted by Crippen LogP contribution is -2.15. The number of aromatic carboxylic acids is 1. The van der Waals surface area contributed by atoms with E-state index in [0.29, 0.717) is 6.54 Å². The topological polar surface area (TPSA) is 49.3 Å². The first-order chi connectivity index (χ1) is 9.15. The number of unbranched alkanes of at least 4 members (excludes halogenated alkanes) is 2. The lowest BCUT2D eigenvalue weighted by atomic mass is 10.1. The van der Waals surface area contributed by atoms with Crippen LogP contribution in [0.5, 0.6) is 0 Å². The number of thioether (sulfide) groups is 1. The molecule has 0 unspecified atom stereocenters. The zero-order chi connectivity index (χ0) is 14.1. The summed E-state index contributed by atoms with van der Waals surface area (Å²) in [5, 5.41) is 11.9. The van der Waals surface area contributed by atoms with Crippen LogP contribution < -0.4 is 5.32 Å². The van der Waals surface area contributed by atoms with Gasteiger partial charge in [0.05, 0.1) is 5.56 Å². The Morgan fingerprint density at radius 1 is 1.37 bits per heavy atom. The number of carboxylic acid groups (broad SMARTS) is 1. The van der Waals surface area contributed by atoms with Crippen molar-refractivity contribution in [2.75, 3.05) is 18.6 Å². The molecule has 0 heterocycles. The van der Waals surface area contributed by atoms with Crippen molar-refractivity contribution in [3.63, 3.8) is 0 Å². The molecule has 0 aliphatic heterocycles. The number of rotatable bonds is 9. The van der Waals surface area contributed by atoms with Gasteiger partial charge < -0.3 is 10.4 Å². The summed E-state index contributed by atoms with van der Waals surface area (Å²) in [5.41, 5.74) is 0.493. The predicted octanol–water partition coefficient (Wildman–Crippen LogP) is 3.15. The van der Waals surface area contributed by atoms with Gasteiger partial charge in [-0.3, -0.25) is 0 Å². The Bertz CT molecular complexity index is 412. The lowest BCUT2D eigenvalue weighted by molar-refractivity contribution is 0.0692. The van der Waals surface area contributed by atoms with Gasteiger partial charge in [-0.1, -0.05) is 12.5 Å². The number of hydrogen-bond donors (Lipinski definition) is 2. The van der Waals surface area contributed by atoms with Crippen molar-refractivity contribution in [1.82, 2.24) is 5.32 Å². The molecule has 0 bridgehead atoms. The molecular weight excluding hydrogens is 265 g/mol. The first-order valence-electron chi connectivity index (χ1n) is 6.36.